The fourth-order valence-corrected chi connectivity index (χ4v) is 4.31. The molecule has 0 saturated carbocycles. The van der Waals surface area contributed by atoms with Crippen LogP contribution < -0.4 is 0 Å². The van der Waals surface area contributed by atoms with Gasteiger partial charge in [0.15, 0.2) is 5.78 Å². The number of ether oxygens (including phenoxy) is 1. The van der Waals surface area contributed by atoms with Gasteiger partial charge in [-0.15, -0.1) is 11.3 Å². The normalized spacial score (nSPS) is 13.4. The first kappa shape index (κ1) is 18.4. The Morgan fingerprint density at radius 3 is 2.82 bits per heavy atom. The van der Waals surface area contributed by atoms with Crippen LogP contribution in [0.5, 0.6) is 0 Å². The zero-order chi connectivity index (χ0) is 19.7. The van der Waals surface area contributed by atoms with Gasteiger partial charge in [0, 0.05) is 54.5 Å². The topological polar surface area (TPSA) is 79.5 Å². The van der Waals surface area contributed by atoms with Gasteiger partial charge in [0.25, 0.3) is 0 Å². The highest BCUT2D eigenvalue weighted by Gasteiger charge is 2.25. The fraction of sp³-hybridized carbons (Fsp3) is 0.286. The number of nitrogens with one attached hydrogen (secondary N) is 1. The van der Waals surface area contributed by atoms with E-state index in [4.69, 9.17) is 4.74 Å². The van der Waals surface area contributed by atoms with E-state index in [1.165, 1.54) is 18.4 Å². The highest BCUT2D eigenvalue weighted by atomic mass is 32.1. The second-order valence-corrected chi connectivity index (χ2v) is 7.75. The molecular weight excluding hydrogens is 376 g/mol. The SMILES string of the molecule is COC(=O)c1ccc2[nH]c3c(c2c1)CN(C(=O)CCC(=O)c1cccs1)CC3. The second kappa shape index (κ2) is 7.59. The molecule has 144 valence electrons. The number of ketones is 1. The summed E-state index contributed by atoms with van der Waals surface area (Å²) in [5.41, 5.74) is 3.56. The summed E-state index contributed by atoms with van der Waals surface area (Å²) in [5, 5.41) is 2.80. The Morgan fingerprint density at radius 1 is 1.21 bits per heavy atom. The lowest BCUT2D eigenvalue weighted by Crippen LogP contribution is -2.35. The largest absolute Gasteiger partial charge is 0.465 e. The summed E-state index contributed by atoms with van der Waals surface area (Å²) in [5.74, 6) is -0.391. The Balaban J connectivity index is 1.49. The summed E-state index contributed by atoms with van der Waals surface area (Å²) in [7, 11) is 1.36. The molecule has 0 spiro atoms. The lowest BCUT2D eigenvalue weighted by atomic mass is 10.0. The van der Waals surface area contributed by atoms with Crippen LogP contribution in [-0.4, -0.2) is 41.2 Å². The molecule has 0 atom stereocenters. The number of benzene rings is 1. The van der Waals surface area contributed by atoms with E-state index >= 15 is 0 Å². The Morgan fingerprint density at radius 2 is 2.07 bits per heavy atom. The second-order valence-electron chi connectivity index (χ2n) is 6.80. The number of amides is 1. The maximum absolute atomic E-state index is 12.7. The van der Waals surface area contributed by atoms with Crippen molar-refractivity contribution < 1.29 is 19.1 Å². The first-order valence-electron chi connectivity index (χ1n) is 9.13. The van der Waals surface area contributed by atoms with E-state index in [0.717, 1.165) is 28.6 Å². The van der Waals surface area contributed by atoms with Gasteiger partial charge in [0.2, 0.25) is 5.91 Å². The number of hydrogen-bond donors (Lipinski definition) is 1. The average Bonchev–Trinajstić information content (AvgIpc) is 3.38. The fourth-order valence-electron chi connectivity index (χ4n) is 3.61. The van der Waals surface area contributed by atoms with Crippen LogP contribution in [0.2, 0.25) is 0 Å². The molecule has 1 amide bonds. The monoisotopic (exact) mass is 396 g/mol. The van der Waals surface area contributed by atoms with Crippen LogP contribution in [0.4, 0.5) is 0 Å². The van der Waals surface area contributed by atoms with Gasteiger partial charge in [-0.3, -0.25) is 9.59 Å². The minimum Gasteiger partial charge on any atom is -0.465 e. The van der Waals surface area contributed by atoms with Crippen LogP contribution in [0.25, 0.3) is 10.9 Å². The van der Waals surface area contributed by atoms with Gasteiger partial charge < -0.3 is 14.6 Å². The molecular formula is C21H20N2O4S. The molecule has 4 rings (SSSR count). The zero-order valence-corrected chi connectivity index (χ0v) is 16.3. The molecule has 1 N–H and O–H groups in total. The number of thiophene rings is 1. The molecule has 28 heavy (non-hydrogen) atoms. The summed E-state index contributed by atoms with van der Waals surface area (Å²) >= 11 is 1.40. The minimum atomic E-state index is -0.382. The molecule has 6 nitrogen and oxygen atoms in total. The molecule has 1 aromatic carbocycles. The van der Waals surface area contributed by atoms with Crippen molar-refractivity contribution in [1.82, 2.24) is 9.88 Å². The Bertz CT molecular complexity index is 1050. The lowest BCUT2D eigenvalue weighted by Gasteiger charge is -2.27. The molecule has 7 heteroatoms. The molecule has 2 aromatic heterocycles. The number of rotatable bonds is 5. The van der Waals surface area contributed by atoms with Crippen molar-refractivity contribution in [2.24, 2.45) is 0 Å². The van der Waals surface area contributed by atoms with Crippen LogP contribution >= 0.6 is 11.3 Å². The van der Waals surface area contributed by atoms with Gasteiger partial charge in [-0.1, -0.05) is 6.07 Å². The van der Waals surface area contributed by atoms with Crippen LogP contribution in [0.15, 0.2) is 35.7 Å². The van der Waals surface area contributed by atoms with Crippen LogP contribution in [0.3, 0.4) is 0 Å². The Labute approximate surface area is 166 Å². The van der Waals surface area contributed by atoms with E-state index in [0.29, 0.717) is 23.5 Å². The molecule has 0 fully saturated rings. The van der Waals surface area contributed by atoms with Crippen molar-refractivity contribution >= 4 is 39.9 Å². The molecule has 0 unspecified atom stereocenters. The molecule has 0 aliphatic carbocycles. The summed E-state index contributed by atoms with van der Waals surface area (Å²) in [6.07, 6.45) is 1.16. The van der Waals surface area contributed by atoms with E-state index in [1.54, 1.807) is 17.0 Å². The summed E-state index contributed by atoms with van der Waals surface area (Å²) in [6.45, 7) is 1.10. The number of aromatic nitrogens is 1. The number of carbonyl (C=O) groups excluding carboxylic acids is 3. The van der Waals surface area contributed by atoms with Crippen molar-refractivity contribution in [1.29, 1.82) is 0 Å². The molecule has 0 saturated heterocycles. The average molecular weight is 396 g/mol. The van der Waals surface area contributed by atoms with Gasteiger partial charge in [-0.25, -0.2) is 4.79 Å². The number of methoxy groups -OCH3 is 1. The van der Waals surface area contributed by atoms with Crippen molar-refractivity contribution in [3.05, 3.63) is 57.4 Å². The smallest absolute Gasteiger partial charge is 0.337 e. The number of hydrogen-bond acceptors (Lipinski definition) is 5. The standard InChI is InChI=1S/C21H20N2O4S/c1-27-21(26)13-4-5-16-14(11-13)15-12-23(9-8-17(15)22-16)20(25)7-6-18(24)19-3-2-10-28-19/h2-5,10-11,22H,6-9,12H2,1H3. The van der Waals surface area contributed by atoms with Crippen LogP contribution in [0, 0.1) is 0 Å². The summed E-state index contributed by atoms with van der Waals surface area (Å²) < 4.78 is 4.81. The Kier molecular flexibility index (Phi) is 5.00. The molecule has 0 radical (unpaired) electrons. The molecule has 0 bridgehead atoms. The number of fused-ring (bicyclic) bond motifs is 3. The van der Waals surface area contributed by atoms with Gasteiger partial charge in [0.1, 0.15) is 0 Å². The van der Waals surface area contributed by atoms with E-state index < -0.39 is 0 Å². The summed E-state index contributed by atoms with van der Waals surface area (Å²) in [4.78, 5) is 42.5. The first-order chi connectivity index (χ1) is 13.6. The van der Waals surface area contributed by atoms with Crippen molar-refractivity contribution in [3.8, 4) is 0 Å². The highest BCUT2D eigenvalue weighted by molar-refractivity contribution is 7.12. The summed E-state index contributed by atoms with van der Waals surface area (Å²) in [6, 6.07) is 9.03. The third-order valence-electron chi connectivity index (χ3n) is 5.11. The van der Waals surface area contributed by atoms with E-state index in [2.05, 4.69) is 4.98 Å². The maximum Gasteiger partial charge on any atom is 0.337 e. The van der Waals surface area contributed by atoms with Crippen molar-refractivity contribution in [2.45, 2.75) is 25.8 Å². The zero-order valence-electron chi connectivity index (χ0n) is 15.5. The predicted molar refractivity (Wildman–Crippen MR) is 107 cm³/mol. The maximum atomic E-state index is 12.7. The number of aromatic amines is 1. The molecule has 3 aromatic rings. The lowest BCUT2D eigenvalue weighted by molar-refractivity contribution is -0.132. The molecule has 3 heterocycles. The van der Waals surface area contributed by atoms with Crippen molar-refractivity contribution in [3.63, 3.8) is 0 Å². The van der Waals surface area contributed by atoms with E-state index in [-0.39, 0.29) is 30.5 Å². The third-order valence-corrected chi connectivity index (χ3v) is 6.02. The number of Topliss-reactive ketones (excluding diaryl/α,β-unsaturated/α-hetero) is 1. The Hall–Kier alpha value is -2.93. The van der Waals surface area contributed by atoms with Gasteiger partial charge in [-0.2, -0.15) is 0 Å². The predicted octanol–water partition coefficient (Wildman–Crippen LogP) is 3.56. The molecule has 1 aliphatic rings. The highest BCUT2D eigenvalue weighted by Crippen LogP contribution is 2.29. The van der Waals surface area contributed by atoms with E-state index in [1.807, 2.05) is 23.6 Å². The van der Waals surface area contributed by atoms with E-state index in [9.17, 15) is 14.4 Å². The molecule has 1 aliphatic heterocycles. The number of nitrogens with zero attached hydrogens (tertiary/aromatic N) is 1. The number of H-pyrrole nitrogens is 1. The van der Waals surface area contributed by atoms with Gasteiger partial charge >= 0.3 is 5.97 Å². The third kappa shape index (κ3) is 3.45. The van der Waals surface area contributed by atoms with Crippen molar-refractivity contribution in [2.75, 3.05) is 13.7 Å². The van der Waals surface area contributed by atoms with Gasteiger partial charge in [0.05, 0.1) is 17.6 Å². The quantitative estimate of drug-likeness (QED) is 0.528. The number of esters is 1. The first-order valence-corrected chi connectivity index (χ1v) is 10.0. The number of carbonyl (C=O) groups is 3. The van der Waals surface area contributed by atoms with Crippen LogP contribution in [0.1, 0.15) is 44.1 Å². The van der Waals surface area contributed by atoms with Gasteiger partial charge in [-0.05, 0) is 29.6 Å². The van der Waals surface area contributed by atoms with Crippen LogP contribution in [-0.2, 0) is 22.5 Å². The minimum absolute atomic E-state index is 0.0101.